The first-order valence-electron chi connectivity index (χ1n) is 3.29. The van der Waals surface area contributed by atoms with E-state index in [4.69, 9.17) is 11.6 Å². The number of hydrogen-bond donors (Lipinski definition) is 0. The van der Waals surface area contributed by atoms with Gasteiger partial charge in [0.15, 0.2) is 5.78 Å². The summed E-state index contributed by atoms with van der Waals surface area (Å²) in [5.74, 6) is -0.500. The fourth-order valence-corrected chi connectivity index (χ4v) is 0.372. The average Bonchev–Trinajstić information content (AvgIpc) is 2.05. The van der Waals surface area contributed by atoms with Crippen LogP contribution in [0.1, 0.15) is 6.92 Å². The van der Waals surface area contributed by atoms with Crippen LogP contribution in [0.3, 0.4) is 0 Å². The van der Waals surface area contributed by atoms with Crippen molar-refractivity contribution in [2.75, 3.05) is 0 Å². The van der Waals surface area contributed by atoms with Gasteiger partial charge in [0.2, 0.25) is 0 Å². The minimum Gasteiger partial charge on any atom is -0.435 e. The lowest BCUT2D eigenvalue weighted by Gasteiger charge is -1.83. The second-order valence-electron chi connectivity index (χ2n) is 1.68. The summed E-state index contributed by atoms with van der Waals surface area (Å²) in [6.45, 7) is 7.70. The van der Waals surface area contributed by atoms with Crippen LogP contribution in [-0.4, -0.2) is 11.8 Å². The number of hydrogen-bond acceptors (Lipinski definition) is 3. The fraction of sp³-hybridized carbons (Fsp3) is 0.111. The smallest absolute Gasteiger partial charge is 0.307 e. The Morgan fingerprint density at radius 2 is 1.92 bits per heavy atom. The van der Waals surface area contributed by atoms with Crippen molar-refractivity contribution < 1.29 is 14.3 Å². The molecule has 0 spiro atoms. The van der Waals surface area contributed by atoms with Crippen LogP contribution < -0.4 is 0 Å². The number of halogens is 1. The second kappa shape index (κ2) is 10.7. The third-order valence-electron chi connectivity index (χ3n) is 0.678. The zero-order valence-electron chi connectivity index (χ0n) is 7.33. The summed E-state index contributed by atoms with van der Waals surface area (Å²) >= 11 is 5.03. The van der Waals surface area contributed by atoms with E-state index in [1.54, 1.807) is 0 Å². The summed E-state index contributed by atoms with van der Waals surface area (Å²) in [5, 5.41) is 0. The third-order valence-corrected chi connectivity index (χ3v) is 0.804. The minimum atomic E-state index is -0.329. The summed E-state index contributed by atoms with van der Waals surface area (Å²) in [6.07, 6.45) is 3.52. The molecule has 0 bridgehead atoms. The van der Waals surface area contributed by atoms with Gasteiger partial charge in [0.25, 0.3) is 0 Å². The Bertz CT molecular complexity index is 219. The molecule has 13 heavy (non-hydrogen) atoms. The van der Waals surface area contributed by atoms with Crippen LogP contribution in [0.15, 0.2) is 37.1 Å². The molecule has 0 N–H and O–H groups in total. The van der Waals surface area contributed by atoms with E-state index < -0.39 is 0 Å². The Hall–Kier alpha value is -1.35. The maximum absolute atomic E-state index is 10.1. The lowest BCUT2D eigenvalue weighted by atomic mass is 10.4. The molecular weight excluding hydrogens is 192 g/mol. The minimum absolute atomic E-state index is 0.171. The fourth-order valence-electron chi connectivity index (χ4n) is 0.247. The zero-order valence-corrected chi connectivity index (χ0v) is 8.08. The second-order valence-corrected chi connectivity index (χ2v) is 1.93. The van der Waals surface area contributed by atoms with E-state index in [9.17, 15) is 9.59 Å². The molecule has 0 rings (SSSR count). The van der Waals surface area contributed by atoms with Crippen molar-refractivity contribution in [3.8, 4) is 0 Å². The Kier molecular flexibility index (Phi) is 11.6. The highest BCUT2D eigenvalue weighted by Gasteiger charge is 1.79. The van der Waals surface area contributed by atoms with Gasteiger partial charge in [-0.25, -0.2) is 0 Å². The monoisotopic (exact) mass is 202 g/mol. The molecule has 3 nitrogen and oxygen atoms in total. The number of rotatable bonds is 3. The number of ketones is 1. The molecule has 0 atom stereocenters. The molecular formula is C9H11ClO3. The SMILES string of the molecule is C=CC(=O)C=CCl.C=COC(C)=O. The molecule has 0 heterocycles. The van der Waals surface area contributed by atoms with E-state index in [0.29, 0.717) is 0 Å². The molecule has 4 heteroatoms. The van der Waals surface area contributed by atoms with Gasteiger partial charge in [0, 0.05) is 12.5 Å². The van der Waals surface area contributed by atoms with E-state index >= 15 is 0 Å². The summed E-state index contributed by atoms with van der Waals surface area (Å²) in [6, 6.07) is 0. The normalized spacial score (nSPS) is 8.15. The standard InChI is InChI=1S/C5H5ClO.C4H6O2/c1-2-5(7)3-4-6;1-3-6-4(2)5/h2-4H,1H2;3H,1H2,2H3. The first kappa shape index (κ1) is 14.2. The molecule has 0 aromatic carbocycles. The van der Waals surface area contributed by atoms with Gasteiger partial charge in [-0.05, 0) is 12.2 Å². The Morgan fingerprint density at radius 3 is 2.00 bits per heavy atom. The summed E-state index contributed by atoms with van der Waals surface area (Å²) < 4.78 is 4.17. The topological polar surface area (TPSA) is 43.4 Å². The first-order valence-corrected chi connectivity index (χ1v) is 3.73. The maximum Gasteiger partial charge on any atom is 0.307 e. The van der Waals surface area contributed by atoms with Crippen LogP contribution in [0.4, 0.5) is 0 Å². The van der Waals surface area contributed by atoms with Gasteiger partial charge in [-0.1, -0.05) is 24.8 Å². The molecule has 0 saturated carbocycles. The Morgan fingerprint density at radius 1 is 1.38 bits per heavy atom. The molecule has 0 saturated heterocycles. The van der Waals surface area contributed by atoms with Crippen LogP contribution in [-0.2, 0) is 14.3 Å². The van der Waals surface area contributed by atoms with Gasteiger partial charge < -0.3 is 4.74 Å². The predicted molar refractivity (Wildman–Crippen MR) is 52.2 cm³/mol. The Balaban J connectivity index is 0. The molecule has 0 aliphatic carbocycles. The summed E-state index contributed by atoms with van der Waals surface area (Å²) in [4.78, 5) is 19.9. The molecule has 0 aliphatic heterocycles. The highest BCUT2D eigenvalue weighted by atomic mass is 35.5. The van der Waals surface area contributed by atoms with E-state index in [1.807, 2.05) is 0 Å². The number of esters is 1. The van der Waals surface area contributed by atoms with E-state index in [0.717, 1.165) is 11.8 Å². The highest BCUT2D eigenvalue weighted by Crippen LogP contribution is 1.79. The molecule has 0 aliphatic rings. The maximum atomic E-state index is 10.1. The zero-order chi connectivity index (χ0) is 10.7. The van der Waals surface area contributed by atoms with Gasteiger partial charge in [-0.2, -0.15) is 0 Å². The number of carbonyl (C=O) groups is 2. The molecule has 0 fully saturated rings. The van der Waals surface area contributed by atoms with Gasteiger partial charge in [0.05, 0.1) is 6.26 Å². The van der Waals surface area contributed by atoms with Crippen LogP contribution in [0.25, 0.3) is 0 Å². The van der Waals surface area contributed by atoms with E-state index in [-0.39, 0.29) is 11.8 Å². The quantitative estimate of drug-likeness (QED) is 0.400. The summed E-state index contributed by atoms with van der Waals surface area (Å²) in [5.41, 5.74) is 1.16. The van der Waals surface area contributed by atoms with Crippen molar-refractivity contribution in [1.29, 1.82) is 0 Å². The molecule has 0 amide bonds. The van der Waals surface area contributed by atoms with Crippen molar-refractivity contribution in [2.24, 2.45) is 0 Å². The lowest BCUT2D eigenvalue weighted by Crippen LogP contribution is -1.87. The average molecular weight is 203 g/mol. The van der Waals surface area contributed by atoms with Crippen molar-refractivity contribution in [1.82, 2.24) is 0 Å². The third kappa shape index (κ3) is 18.0. The molecule has 72 valence electrons. The van der Waals surface area contributed by atoms with Crippen LogP contribution in [0, 0.1) is 0 Å². The highest BCUT2D eigenvalue weighted by molar-refractivity contribution is 6.27. The van der Waals surface area contributed by atoms with Gasteiger partial charge in [0.1, 0.15) is 0 Å². The van der Waals surface area contributed by atoms with Gasteiger partial charge >= 0.3 is 5.97 Å². The predicted octanol–water partition coefficient (Wildman–Crippen LogP) is 2.19. The first-order chi connectivity index (χ1) is 6.08. The molecule has 0 unspecified atom stereocenters. The molecule has 0 radical (unpaired) electrons. The van der Waals surface area contributed by atoms with Crippen LogP contribution >= 0.6 is 11.6 Å². The largest absolute Gasteiger partial charge is 0.435 e. The van der Waals surface area contributed by atoms with Crippen molar-refractivity contribution in [2.45, 2.75) is 6.92 Å². The Labute approximate surface area is 82.3 Å². The van der Waals surface area contributed by atoms with Crippen molar-refractivity contribution >= 4 is 23.4 Å². The van der Waals surface area contributed by atoms with Gasteiger partial charge in [-0.3, -0.25) is 9.59 Å². The van der Waals surface area contributed by atoms with Gasteiger partial charge in [-0.15, -0.1) is 0 Å². The number of allylic oxidation sites excluding steroid dienone is 2. The van der Waals surface area contributed by atoms with E-state index in [1.165, 1.54) is 19.1 Å². The van der Waals surface area contributed by atoms with Crippen LogP contribution in [0.2, 0.25) is 0 Å². The van der Waals surface area contributed by atoms with Crippen molar-refractivity contribution in [3.05, 3.63) is 37.1 Å². The molecule has 0 aromatic heterocycles. The lowest BCUT2D eigenvalue weighted by molar-refractivity contribution is -0.135. The number of carbonyl (C=O) groups excluding carboxylic acids is 2. The van der Waals surface area contributed by atoms with Crippen LogP contribution in [0.5, 0.6) is 0 Å². The van der Waals surface area contributed by atoms with E-state index in [2.05, 4.69) is 17.9 Å². The summed E-state index contributed by atoms with van der Waals surface area (Å²) in [7, 11) is 0. The number of ether oxygens (including phenoxy) is 1. The molecule has 0 aromatic rings. The van der Waals surface area contributed by atoms with Crippen molar-refractivity contribution in [3.63, 3.8) is 0 Å².